The molecule has 17 heavy (non-hydrogen) atoms. The van der Waals surface area contributed by atoms with E-state index in [1.54, 1.807) is 31.2 Å². The van der Waals surface area contributed by atoms with Gasteiger partial charge in [0.05, 0.1) is 0 Å². The van der Waals surface area contributed by atoms with Gasteiger partial charge in [-0.1, -0.05) is 28.9 Å². The lowest BCUT2D eigenvalue weighted by molar-refractivity contribution is 0.0952. The van der Waals surface area contributed by atoms with Gasteiger partial charge in [-0.25, -0.2) is 5.84 Å². The van der Waals surface area contributed by atoms with E-state index in [4.69, 9.17) is 22.0 Å². The number of aryl methyl sites for hydroxylation is 1. The first kappa shape index (κ1) is 11.6. The van der Waals surface area contributed by atoms with Crippen LogP contribution in [0.2, 0.25) is 5.02 Å². The molecule has 0 aliphatic heterocycles. The molecule has 1 aromatic carbocycles. The van der Waals surface area contributed by atoms with Crippen LogP contribution in [0.25, 0.3) is 11.3 Å². The van der Waals surface area contributed by atoms with E-state index in [2.05, 4.69) is 10.6 Å². The van der Waals surface area contributed by atoms with Gasteiger partial charge in [-0.2, -0.15) is 0 Å². The van der Waals surface area contributed by atoms with Crippen LogP contribution in [0.3, 0.4) is 0 Å². The van der Waals surface area contributed by atoms with Gasteiger partial charge in [-0.3, -0.25) is 10.2 Å². The fourth-order valence-electron chi connectivity index (χ4n) is 1.52. The van der Waals surface area contributed by atoms with E-state index in [1.165, 1.54) is 0 Å². The van der Waals surface area contributed by atoms with Crippen molar-refractivity contribution in [2.75, 3.05) is 0 Å². The zero-order valence-corrected chi connectivity index (χ0v) is 9.78. The Morgan fingerprint density at radius 2 is 2.06 bits per heavy atom. The predicted octanol–water partition coefficient (Wildman–Crippen LogP) is 1.91. The van der Waals surface area contributed by atoms with Crippen LogP contribution >= 0.6 is 11.6 Å². The van der Waals surface area contributed by atoms with Gasteiger partial charge < -0.3 is 4.52 Å². The molecule has 0 unspecified atom stereocenters. The highest BCUT2D eigenvalue weighted by Crippen LogP contribution is 2.26. The van der Waals surface area contributed by atoms with Gasteiger partial charge in [0.2, 0.25) is 0 Å². The molecular weight excluding hydrogens is 242 g/mol. The molecule has 6 heteroatoms. The van der Waals surface area contributed by atoms with Crippen LogP contribution in [0.4, 0.5) is 0 Å². The molecule has 0 aliphatic carbocycles. The Balaban J connectivity index is 2.52. The maximum Gasteiger partial charge on any atom is 0.271 e. The average molecular weight is 252 g/mol. The molecule has 1 amide bonds. The third kappa shape index (κ3) is 2.15. The number of benzene rings is 1. The molecule has 0 radical (unpaired) electrons. The van der Waals surface area contributed by atoms with Crippen LogP contribution in [-0.4, -0.2) is 11.1 Å². The summed E-state index contributed by atoms with van der Waals surface area (Å²) in [5.41, 5.74) is 3.58. The first-order chi connectivity index (χ1) is 8.13. The topological polar surface area (TPSA) is 81.2 Å². The summed E-state index contributed by atoms with van der Waals surface area (Å²) in [7, 11) is 0. The maximum atomic E-state index is 11.6. The largest absolute Gasteiger partial charge is 0.360 e. The second-order valence-corrected chi connectivity index (χ2v) is 3.88. The standard InChI is InChI=1S/C11H10ClN3O2/c1-6-9(11(16)14-13)10(15-17-6)7-2-4-8(12)5-3-7/h2-5H,13H2,1H3,(H,14,16). The molecule has 0 saturated carbocycles. The number of nitrogens with zero attached hydrogens (tertiary/aromatic N) is 1. The van der Waals surface area contributed by atoms with Crippen LogP contribution in [0.15, 0.2) is 28.8 Å². The van der Waals surface area contributed by atoms with Gasteiger partial charge in [0.1, 0.15) is 17.0 Å². The summed E-state index contributed by atoms with van der Waals surface area (Å²) in [6.07, 6.45) is 0. The van der Waals surface area contributed by atoms with Gasteiger partial charge in [-0.15, -0.1) is 0 Å². The van der Waals surface area contributed by atoms with Gasteiger partial charge in [0.25, 0.3) is 5.91 Å². The van der Waals surface area contributed by atoms with Crippen LogP contribution in [0.5, 0.6) is 0 Å². The van der Waals surface area contributed by atoms with Crippen molar-refractivity contribution in [1.29, 1.82) is 0 Å². The minimum atomic E-state index is -0.436. The lowest BCUT2D eigenvalue weighted by atomic mass is 10.1. The van der Waals surface area contributed by atoms with Crippen LogP contribution in [-0.2, 0) is 0 Å². The summed E-state index contributed by atoms with van der Waals surface area (Å²) in [5, 5.41) is 4.46. The minimum absolute atomic E-state index is 0.329. The van der Waals surface area contributed by atoms with E-state index in [1.807, 2.05) is 0 Å². The number of carbonyl (C=O) groups is 1. The smallest absolute Gasteiger partial charge is 0.271 e. The number of carbonyl (C=O) groups excluding carboxylic acids is 1. The fourth-order valence-corrected chi connectivity index (χ4v) is 1.64. The lowest BCUT2D eigenvalue weighted by Gasteiger charge is -2.01. The maximum absolute atomic E-state index is 11.6. The number of hydrogen-bond acceptors (Lipinski definition) is 4. The molecule has 1 aromatic heterocycles. The average Bonchev–Trinajstić information content (AvgIpc) is 2.71. The number of nitrogens with one attached hydrogen (secondary N) is 1. The van der Waals surface area contributed by atoms with Gasteiger partial charge >= 0.3 is 0 Å². The number of halogens is 1. The number of nitrogen functional groups attached to an aromatic ring is 1. The van der Waals surface area contributed by atoms with Gasteiger partial charge in [-0.05, 0) is 19.1 Å². The number of hydrazine groups is 1. The summed E-state index contributed by atoms with van der Waals surface area (Å²) < 4.78 is 5.00. The Morgan fingerprint density at radius 1 is 1.41 bits per heavy atom. The number of amides is 1. The molecule has 0 fully saturated rings. The second kappa shape index (κ2) is 4.57. The molecule has 1 heterocycles. The van der Waals surface area contributed by atoms with E-state index < -0.39 is 5.91 Å². The van der Waals surface area contributed by atoms with E-state index in [9.17, 15) is 4.79 Å². The highest BCUT2D eigenvalue weighted by molar-refractivity contribution is 6.30. The van der Waals surface area contributed by atoms with Crippen molar-refractivity contribution in [3.8, 4) is 11.3 Å². The predicted molar refractivity (Wildman–Crippen MR) is 63.3 cm³/mol. The molecule has 88 valence electrons. The molecule has 3 N–H and O–H groups in total. The minimum Gasteiger partial charge on any atom is -0.360 e. The van der Waals surface area contributed by atoms with Crippen molar-refractivity contribution < 1.29 is 9.32 Å². The second-order valence-electron chi connectivity index (χ2n) is 3.44. The van der Waals surface area contributed by atoms with Gasteiger partial charge in [0, 0.05) is 10.6 Å². The van der Waals surface area contributed by atoms with E-state index in [-0.39, 0.29) is 0 Å². The van der Waals surface area contributed by atoms with Crippen molar-refractivity contribution >= 4 is 17.5 Å². The van der Waals surface area contributed by atoms with Crippen molar-refractivity contribution in [1.82, 2.24) is 10.6 Å². The summed E-state index contributed by atoms with van der Waals surface area (Å²) in [5.74, 6) is 5.09. The quantitative estimate of drug-likeness (QED) is 0.485. The Labute approximate surface area is 103 Å². The number of aromatic nitrogens is 1. The van der Waals surface area contributed by atoms with Crippen molar-refractivity contribution in [3.63, 3.8) is 0 Å². The first-order valence-electron chi connectivity index (χ1n) is 4.86. The summed E-state index contributed by atoms with van der Waals surface area (Å²) in [6, 6.07) is 6.94. The lowest BCUT2D eigenvalue weighted by Crippen LogP contribution is -2.30. The van der Waals surface area contributed by atoms with Crippen molar-refractivity contribution in [2.45, 2.75) is 6.92 Å². The summed E-state index contributed by atoms with van der Waals surface area (Å²) in [6.45, 7) is 1.65. The monoisotopic (exact) mass is 251 g/mol. The number of nitrogens with two attached hydrogens (primary N) is 1. The molecule has 0 aliphatic rings. The fraction of sp³-hybridized carbons (Fsp3) is 0.0909. The van der Waals surface area contributed by atoms with Gasteiger partial charge in [0.15, 0.2) is 0 Å². The van der Waals surface area contributed by atoms with E-state index in [0.29, 0.717) is 22.0 Å². The SMILES string of the molecule is Cc1onc(-c2ccc(Cl)cc2)c1C(=O)NN. The molecule has 0 spiro atoms. The molecule has 2 aromatic rings. The Hall–Kier alpha value is -1.85. The van der Waals surface area contributed by atoms with E-state index >= 15 is 0 Å². The third-order valence-corrected chi connectivity index (χ3v) is 2.59. The summed E-state index contributed by atoms with van der Waals surface area (Å²) >= 11 is 5.79. The van der Waals surface area contributed by atoms with Crippen molar-refractivity contribution in [2.24, 2.45) is 5.84 Å². The zero-order chi connectivity index (χ0) is 12.4. The van der Waals surface area contributed by atoms with Crippen LogP contribution in [0.1, 0.15) is 16.1 Å². The number of rotatable bonds is 2. The normalized spacial score (nSPS) is 10.3. The molecule has 2 rings (SSSR count). The molecule has 0 saturated heterocycles. The Morgan fingerprint density at radius 3 is 2.65 bits per heavy atom. The molecule has 5 nitrogen and oxygen atoms in total. The van der Waals surface area contributed by atoms with Crippen molar-refractivity contribution in [3.05, 3.63) is 40.6 Å². The Kier molecular flexibility index (Phi) is 3.12. The third-order valence-electron chi connectivity index (χ3n) is 2.34. The molecular formula is C11H10ClN3O2. The van der Waals surface area contributed by atoms with Crippen LogP contribution in [0, 0.1) is 6.92 Å². The molecule has 0 atom stereocenters. The zero-order valence-electron chi connectivity index (χ0n) is 9.03. The summed E-state index contributed by atoms with van der Waals surface area (Å²) in [4.78, 5) is 11.6. The van der Waals surface area contributed by atoms with Crippen LogP contribution < -0.4 is 11.3 Å². The highest BCUT2D eigenvalue weighted by Gasteiger charge is 2.20. The highest BCUT2D eigenvalue weighted by atomic mass is 35.5. The van der Waals surface area contributed by atoms with E-state index in [0.717, 1.165) is 5.56 Å². The number of hydrogen-bond donors (Lipinski definition) is 2. The molecule has 0 bridgehead atoms. The Bertz CT molecular complexity index is 548. The first-order valence-corrected chi connectivity index (χ1v) is 5.24.